The minimum Gasteiger partial charge on any atom is -0.497 e. The van der Waals surface area contributed by atoms with E-state index in [2.05, 4.69) is 29.7 Å². The third kappa shape index (κ3) is 3.65. The molecule has 1 aromatic carbocycles. The van der Waals surface area contributed by atoms with Crippen molar-refractivity contribution in [1.82, 2.24) is 10.6 Å². The Bertz CT molecular complexity index is 438. The van der Waals surface area contributed by atoms with E-state index >= 15 is 0 Å². The summed E-state index contributed by atoms with van der Waals surface area (Å²) < 4.78 is 5.18. The highest BCUT2D eigenvalue weighted by molar-refractivity contribution is 5.74. The van der Waals surface area contributed by atoms with Crippen LogP contribution in [0.1, 0.15) is 38.2 Å². The monoisotopic (exact) mass is 276 g/mol. The minimum absolute atomic E-state index is 0.0572. The molecule has 110 valence electrons. The van der Waals surface area contributed by atoms with Gasteiger partial charge in [-0.1, -0.05) is 25.5 Å². The molecule has 2 amide bonds. The second kappa shape index (κ2) is 6.64. The van der Waals surface area contributed by atoms with Crippen molar-refractivity contribution in [2.45, 2.75) is 38.0 Å². The lowest BCUT2D eigenvalue weighted by Crippen LogP contribution is -2.40. The van der Waals surface area contributed by atoms with Crippen molar-refractivity contribution in [2.75, 3.05) is 20.2 Å². The summed E-state index contributed by atoms with van der Waals surface area (Å²) in [7, 11) is 1.67. The number of hydrogen-bond acceptors (Lipinski definition) is 2. The van der Waals surface area contributed by atoms with Gasteiger partial charge in [0.2, 0.25) is 0 Å². The van der Waals surface area contributed by atoms with Crippen molar-refractivity contribution in [3.8, 4) is 5.75 Å². The number of carbonyl (C=O) groups is 1. The second-order valence-corrected chi connectivity index (χ2v) is 5.47. The fourth-order valence-corrected chi connectivity index (χ4v) is 2.35. The normalized spacial score (nSPS) is 15.5. The predicted molar refractivity (Wildman–Crippen MR) is 80.2 cm³/mol. The largest absolute Gasteiger partial charge is 0.497 e. The van der Waals surface area contributed by atoms with Crippen LogP contribution in [0, 0.1) is 0 Å². The number of urea groups is 1. The molecule has 20 heavy (non-hydrogen) atoms. The molecule has 0 unspecified atom stereocenters. The van der Waals surface area contributed by atoms with Gasteiger partial charge in [-0.05, 0) is 37.0 Å². The molecule has 1 aromatic rings. The molecule has 0 heterocycles. The molecule has 1 saturated carbocycles. The molecular formula is C16H24N2O2. The Kier molecular flexibility index (Phi) is 4.88. The molecule has 0 bridgehead atoms. The Morgan fingerprint density at radius 2 is 1.95 bits per heavy atom. The first-order valence-corrected chi connectivity index (χ1v) is 7.36. The quantitative estimate of drug-likeness (QED) is 0.752. The van der Waals surface area contributed by atoms with Crippen LogP contribution in [0.5, 0.6) is 5.75 Å². The highest BCUT2D eigenvalue weighted by Crippen LogP contribution is 2.47. The van der Waals surface area contributed by atoms with Gasteiger partial charge in [0.15, 0.2) is 0 Å². The average Bonchev–Trinajstić information content (AvgIpc) is 3.27. The average molecular weight is 276 g/mol. The van der Waals surface area contributed by atoms with Crippen molar-refractivity contribution in [3.63, 3.8) is 0 Å². The zero-order chi connectivity index (χ0) is 14.4. The fourth-order valence-electron chi connectivity index (χ4n) is 2.35. The van der Waals surface area contributed by atoms with Gasteiger partial charge in [-0.15, -0.1) is 0 Å². The van der Waals surface area contributed by atoms with Crippen LogP contribution < -0.4 is 15.4 Å². The number of nitrogens with one attached hydrogen (secondary N) is 2. The molecule has 0 spiro atoms. The highest BCUT2D eigenvalue weighted by atomic mass is 16.5. The molecule has 1 aliphatic rings. The smallest absolute Gasteiger partial charge is 0.314 e. The topological polar surface area (TPSA) is 50.4 Å². The van der Waals surface area contributed by atoms with Gasteiger partial charge in [0.25, 0.3) is 0 Å². The molecule has 4 nitrogen and oxygen atoms in total. The third-order valence-corrected chi connectivity index (χ3v) is 3.96. The Morgan fingerprint density at radius 1 is 1.25 bits per heavy atom. The molecule has 2 rings (SSSR count). The number of unbranched alkanes of at least 4 members (excludes halogenated alkanes) is 1. The maximum absolute atomic E-state index is 11.7. The van der Waals surface area contributed by atoms with E-state index in [1.54, 1.807) is 7.11 Å². The Morgan fingerprint density at radius 3 is 2.50 bits per heavy atom. The summed E-state index contributed by atoms with van der Waals surface area (Å²) in [4.78, 5) is 11.7. The molecule has 1 aliphatic carbocycles. The second-order valence-electron chi connectivity index (χ2n) is 5.47. The maximum Gasteiger partial charge on any atom is 0.314 e. The van der Waals surface area contributed by atoms with Gasteiger partial charge in [-0.25, -0.2) is 4.79 Å². The molecular weight excluding hydrogens is 252 g/mol. The zero-order valence-electron chi connectivity index (χ0n) is 12.4. The summed E-state index contributed by atoms with van der Waals surface area (Å²) in [5, 5.41) is 5.87. The number of benzene rings is 1. The summed E-state index contributed by atoms with van der Waals surface area (Å²) in [6.07, 6.45) is 4.39. The lowest BCUT2D eigenvalue weighted by Gasteiger charge is -2.17. The van der Waals surface area contributed by atoms with Gasteiger partial charge < -0.3 is 15.4 Å². The van der Waals surface area contributed by atoms with Crippen LogP contribution in [0.15, 0.2) is 24.3 Å². The SMILES string of the molecule is CCCCNC(=O)NCC1(c2ccc(OC)cc2)CC1. The van der Waals surface area contributed by atoms with E-state index < -0.39 is 0 Å². The van der Waals surface area contributed by atoms with Crippen molar-refractivity contribution in [3.05, 3.63) is 29.8 Å². The van der Waals surface area contributed by atoms with Crippen LogP contribution in [0.4, 0.5) is 4.79 Å². The lowest BCUT2D eigenvalue weighted by molar-refractivity contribution is 0.239. The summed E-state index contributed by atoms with van der Waals surface area (Å²) >= 11 is 0. The van der Waals surface area contributed by atoms with Gasteiger partial charge in [0.05, 0.1) is 7.11 Å². The van der Waals surface area contributed by atoms with Crippen molar-refractivity contribution in [1.29, 1.82) is 0 Å². The predicted octanol–water partition coefficient (Wildman–Crippen LogP) is 2.83. The number of amides is 2. The first-order chi connectivity index (χ1) is 9.70. The van der Waals surface area contributed by atoms with Gasteiger partial charge in [0.1, 0.15) is 5.75 Å². The van der Waals surface area contributed by atoms with E-state index in [0.29, 0.717) is 6.54 Å². The Hall–Kier alpha value is -1.71. The Labute approximate surface area is 120 Å². The van der Waals surface area contributed by atoms with Crippen LogP contribution in [-0.2, 0) is 5.41 Å². The number of carbonyl (C=O) groups excluding carboxylic acids is 1. The third-order valence-electron chi connectivity index (χ3n) is 3.96. The Balaban J connectivity index is 1.83. The molecule has 0 aromatic heterocycles. The van der Waals surface area contributed by atoms with Gasteiger partial charge >= 0.3 is 6.03 Å². The molecule has 2 N–H and O–H groups in total. The van der Waals surface area contributed by atoms with E-state index in [9.17, 15) is 4.79 Å². The number of hydrogen-bond donors (Lipinski definition) is 2. The number of rotatable bonds is 7. The summed E-state index contributed by atoms with van der Waals surface area (Å²) in [5.74, 6) is 0.870. The fraction of sp³-hybridized carbons (Fsp3) is 0.562. The molecule has 0 atom stereocenters. The maximum atomic E-state index is 11.7. The van der Waals surface area contributed by atoms with Crippen molar-refractivity contribution >= 4 is 6.03 Å². The highest BCUT2D eigenvalue weighted by Gasteiger charge is 2.44. The summed E-state index contributed by atoms with van der Waals surface area (Å²) in [6.45, 7) is 3.57. The van der Waals surface area contributed by atoms with Crippen molar-refractivity contribution in [2.24, 2.45) is 0 Å². The van der Waals surface area contributed by atoms with E-state index in [1.807, 2.05) is 12.1 Å². The van der Waals surface area contributed by atoms with E-state index in [0.717, 1.165) is 38.0 Å². The van der Waals surface area contributed by atoms with E-state index in [4.69, 9.17) is 4.74 Å². The molecule has 0 saturated heterocycles. The van der Waals surface area contributed by atoms with Gasteiger partial charge in [-0.2, -0.15) is 0 Å². The van der Waals surface area contributed by atoms with Crippen LogP contribution in [0.3, 0.4) is 0 Å². The number of methoxy groups -OCH3 is 1. The van der Waals surface area contributed by atoms with Gasteiger partial charge in [0, 0.05) is 18.5 Å². The standard InChI is InChI=1S/C16H24N2O2/c1-3-4-11-17-15(19)18-12-16(9-10-16)13-5-7-14(20-2)8-6-13/h5-8H,3-4,9-12H2,1-2H3,(H2,17,18,19). The first kappa shape index (κ1) is 14.7. The van der Waals surface area contributed by atoms with Crippen LogP contribution >= 0.6 is 0 Å². The molecule has 1 fully saturated rings. The minimum atomic E-state index is -0.0572. The van der Waals surface area contributed by atoms with E-state index in [-0.39, 0.29) is 11.4 Å². The van der Waals surface area contributed by atoms with Crippen LogP contribution in [-0.4, -0.2) is 26.2 Å². The molecule has 0 aliphatic heterocycles. The lowest BCUT2D eigenvalue weighted by atomic mass is 9.96. The first-order valence-electron chi connectivity index (χ1n) is 7.36. The summed E-state index contributed by atoms with van der Waals surface area (Å²) in [6, 6.07) is 8.11. The van der Waals surface area contributed by atoms with Gasteiger partial charge in [-0.3, -0.25) is 0 Å². The number of ether oxygens (including phenoxy) is 1. The zero-order valence-corrected chi connectivity index (χ0v) is 12.4. The molecule has 4 heteroatoms. The van der Waals surface area contributed by atoms with Crippen LogP contribution in [0.2, 0.25) is 0 Å². The summed E-state index contributed by atoms with van der Waals surface area (Å²) in [5.41, 5.74) is 1.42. The van der Waals surface area contributed by atoms with Crippen LogP contribution in [0.25, 0.3) is 0 Å². The van der Waals surface area contributed by atoms with Crippen molar-refractivity contribution < 1.29 is 9.53 Å². The molecule has 0 radical (unpaired) electrons. The van der Waals surface area contributed by atoms with E-state index in [1.165, 1.54) is 5.56 Å².